The van der Waals surface area contributed by atoms with Gasteiger partial charge >= 0.3 is 0 Å². The number of aryl methyl sites for hydroxylation is 1. The zero-order chi connectivity index (χ0) is 21.7. The van der Waals surface area contributed by atoms with Crippen molar-refractivity contribution in [2.24, 2.45) is 5.92 Å². The normalized spacial score (nSPS) is 25.3. The fourth-order valence-corrected chi connectivity index (χ4v) is 4.97. The first-order valence-corrected chi connectivity index (χ1v) is 10.5. The number of fused-ring (bicyclic) bond motifs is 2. The van der Waals surface area contributed by atoms with Gasteiger partial charge in [0, 0.05) is 17.5 Å². The van der Waals surface area contributed by atoms with Gasteiger partial charge in [-0.25, -0.2) is 19.3 Å². The molecule has 5 rings (SSSR count). The number of aliphatic hydroxyl groups excluding tert-OH is 2. The predicted octanol–water partition coefficient (Wildman–Crippen LogP) is 1.43. The fourth-order valence-electron chi connectivity index (χ4n) is 4.97. The third-order valence-corrected chi connectivity index (χ3v) is 6.67. The summed E-state index contributed by atoms with van der Waals surface area (Å²) in [7, 11) is 0. The summed E-state index contributed by atoms with van der Waals surface area (Å²) in [4.78, 5) is 14.6. The summed E-state index contributed by atoms with van der Waals surface area (Å²) in [5, 5.41) is 22.2. The molecule has 2 aliphatic rings. The molecule has 0 spiro atoms. The molecule has 0 saturated heterocycles. The van der Waals surface area contributed by atoms with Gasteiger partial charge in [0.25, 0.3) is 0 Å². The number of halogens is 1. The van der Waals surface area contributed by atoms with Crippen LogP contribution >= 0.6 is 0 Å². The van der Waals surface area contributed by atoms with Crippen LogP contribution in [0.3, 0.4) is 0 Å². The number of anilines is 3. The van der Waals surface area contributed by atoms with E-state index in [4.69, 9.17) is 11.5 Å². The molecule has 1 fully saturated rings. The lowest BCUT2D eigenvalue weighted by Gasteiger charge is -2.28. The van der Waals surface area contributed by atoms with Crippen molar-refractivity contribution in [2.45, 2.75) is 43.9 Å². The highest BCUT2D eigenvalue weighted by atomic mass is 19.1. The average molecular weight is 424 g/mol. The Morgan fingerprint density at radius 3 is 2.77 bits per heavy atom. The average Bonchev–Trinajstić information content (AvgIpc) is 3.30. The first-order chi connectivity index (χ1) is 14.9. The molecule has 3 heterocycles. The van der Waals surface area contributed by atoms with E-state index < -0.39 is 18.0 Å². The van der Waals surface area contributed by atoms with Crippen LogP contribution in [0.15, 0.2) is 30.6 Å². The second-order valence-electron chi connectivity index (χ2n) is 8.47. The summed E-state index contributed by atoms with van der Waals surface area (Å²) in [5.74, 6) is 0.546. The highest BCUT2D eigenvalue weighted by Crippen LogP contribution is 2.39. The van der Waals surface area contributed by atoms with Crippen molar-refractivity contribution in [3.05, 3.63) is 47.5 Å². The Labute approximate surface area is 178 Å². The molecule has 1 aliphatic carbocycles. The Morgan fingerprint density at radius 2 is 1.94 bits per heavy atom. The number of nitrogens with two attached hydrogens (primary N) is 2. The van der Waals surface area contributed by atoms with E-state index in [1.807, 2.05) is 18.2 Å². The van der Waals surface area contributed by atoms with Crippen LogP contribution in [-0.4, -0.2) is 50.0 Å². The highest BCUT2D eigenvalue weighted by Gasteiger charge is 2.45. The number of nitrogen functional groups attached to an aromatic ring is 2. The summed E-state index contributed by atoms with van der Waals surface area (Å²) in [6.45, 7) is 0.702. The van der Waals surface area contributed by atoms with Crippen LogP contribution in [0.2, 0.25) is 0 Å². The molecule has 1 aliphatic heterocycles. The second kappa shape index (κ2) is 7.58. The molecular weight excluding hydrogens is 399 g/mol. The van der Waals surface area contributed by atoms with E-state index in [0.717, 1.165) is 23.4 Å². The Morgan fingerprint density at radius 1 is 1.10 bits per heavy atom. The molecule has 9 heteroatoms. The molecule has 0 bridgehead atoms. The van der Waals surface area contributed by atoms with Crippen LogP contribution in [0.25, 0.3) is 10.9 Å². The summed E-state index contributed by atoms with van der Waals surface area (Å²) >= 11 is 0. The number of benzene rings is 1. The van der Waals surface area contributed by atoms with E-state index in [1.54, 1.807) is 0 Å². The number of nitrogens with zero attached hydrogens (tertiary/aromatic N) is 4. The molecule has 1 saturated carbocycles. The molecule has 1 aromatic carbocycles. The zero-order valence-electron chi connectivity index (χ0n) is 16.9. The van der Waals surface area contributed by atoms with E-state index in [-0.39, 0.29) is 17.8 Å². The van der Waals surface area contributed by atoms with Crippen molar-refractivity contribution in [2.75, 3.05) is 22.9 Å². The lowest BCUT2D eigenvalue weighted by molar-refractivity contribution is 0.0131. The van der Waals surface area contributed by atoms with E-state index in [9.17, 15) is 14.6 Å². The molecule has 2 aromatic heterocycles. The van der Waals surface area contributed by atoms with Gasteiger partial charge in [-0.15, -0.1) is 0 Å². The van der Waals surface area contributed by atoms with Gasteiger partial charge in [0.2, 0.25) is 0 Å². The Hall–Kier alpha value is -3.04. The van der Waals surface area contributed by atoms with Crippen molar-refractivity contribution in [1.29, 1.82) is 0 Å². The summed E-state index contributed by atoms with van der Waals surface area (Å²) in [6.07, 6.45) is 2.60. The molecule has 31 heavy (non-hydrogen) atoms. The quantitative estimate of drug-likeness (QED) is 0.494. The van der Waals surface area contributed by atoms with E-state index in [2.05, 4.69) is 19.9 Å². The van der Waals surface area contributed by atoms with Crippen molar-refractivity contribution in [3.63, 3.8) is 0 Å². The number of hydrogen-bond donors (Lipinski definition) is 4. The molecular formula is C22H25FN6O2. The number of rotatable bonds is 4. The summed E-state index contributed by atoms with van der Waals surface area (Å²) in [6, 6.07) is 6.83. The topological polar surface area (TPSA) is 134 Å². The Kier molecular flexibility index (Phi) is 4.86. The molecule has 3 aromatic rings. The van der Waals surface area contributed by atoms with Gasteiger partial charge in [-0.1, -0.05) is 12.1 Å². The van der Waals surface area contributed by atoms with Crippen molar-refractivity contribution < 1.29 is 14.6 Å². The minimum absolute atomic E-state index is 0.0508. The van der Waals surface area contributed by atoms with Crippen LogP contribution in [0.1, 0.15) is 24.0 Å². The molecule has 4 atom stereocenters. The second-order valence-corrected chi connectivity index (χ2v) is 8.47. The maximum atomic E-state index is 13.6. The van der Waals surface area contributed by atoms with E-state index >= 15 is 0 Å². The highest BCUT2D eigenvalue weighted by molar-refractivity contribution is 5.80. The van der Waals surface area contributed by atoms with Crippen LogP contribution < -0.4 is 16.4 Å². The number of hydrogen-bond acceptors (Lipinski definition) is 8. The third kappa shape index (κ3) is 3.43. The van der Waals surface area contributed by atoms with Gasteiger partial charge in [-0.2, -0.15) is 0 Å². The van der Waals surface area contributed by atoms with Crippen molar-refractivity contribution in [3.8, 4) is 0 Å². The molecule has 8 nitrogen and oxygen atoms in total. The zero-order valence-corrected chi connectivity index (χ0v) is 16.9. The SMILES string of the molecule is Nc1nc2cc(CC[C@H]3C[C@@H](N4CCc5c(N)ncnc54)[C@H](O)[C@@H]3O)ccc2cc1F. The molecule has 0 radical (unpaired) electrons. The first kappa shape index (κ1) is 19.9. The maximum Gasteiger partial charge on any atom is 0.165 e. The van der Waals surface area contributed by atoms with E-state index in [0.29, 0.717) is 42.5 Å². The minimum Gasteiger partial charge on any atom is -0.390 e. The van der Waals surface area contributed by atoms with E-state index in [1.165, 1.54) is 12.4 Å². The third-order valence-electron chi connectivity index (χ3n) is 6.67. The Bertz CT molecular complexity index is 1140. The van der Waals surface area contributed by atoms with Gasteiger partial charge in [-0.05, 0) is 49.3 Å². The van der Waals surface area contributed by atoms with Gasteiger partial charge in [0.15, 0.2) is 11.6 Å². The molecule has 162 valence electrons. The van der Waals surface area contributed by atoms with Crippen LogP contribution in [0.5, 0.6) is 0 Å². The first-order valence-electron chi connectivity index (χ1n) is 10.5. The predicted molar refractivity (Wildman–Crippen MR) is 116 cm³/mol. The van der Waals surface area contributed by atoms with Crippen molar-refractivity contribution >= 4 is 28.4 Å². The summed E-state index contributed by atoms with van der Waals surface area (Å²) in [5.41, 5.74) is 14.1. The van der Waals surface area contributed by atoms with Gasteiger partial charge in [0.1, 0.15) is 24.1 Å². The molecule has 6 N–H and O–H groups in total. The lowest BCUT2D eigenvalue weighted by atomic mass is 9.95. The van der Waals surface area contributed by atoms with Crippen LogP contribution in [0, 0.1) is 11.7 Å². The monoisotopic (exact) mass is 424 g/mol. The molecule has 0 unspecified atom stereocenters. The van der Waals surface area contributed by atoms with Gasteiger partial charge in [-0.3, -0.25) is 0 Å². The lowest BCUT2D eigenvalue weighted by Crippen LogP contribution is -2.43. The van der Waals surface area contributed by atoms with Crippen molar-refractivity contribution in [1.82, 2.24) is 15.0 Å². The number of pyridine rings is 1. The Balaban J connectivity index is 1.30. The molecule has 0 amide bonds. The minimum atomic E-state index is -0.854. The number of aliphatic hydroxyl groups is 2. The standard InChI is InChI=1S/C22H25FN6O2/c23-15-8-12-3-1-11(7-16(12)28-21(15)25)2-4-13-9-17(19(31)18(13)30)29-6-5-14-20(24)26-10-27-22(14)29/h1,3,7-8,10,13,17-19,30-31H,2,4-6,9H2,(H2,25,28)(H2,24,26,27)/t13-,17+,18+,19-/m0/s1. The smallest absolute Gasteiger partial charge is 0.165 e. The summed E-state index contributed by atoms with van der Waals surface area (Å²) < 4.78 is 13.6. The van der Waals surface area contributed by atoms with Gasteiger partial charge in [0.05, 0.1) is 17.7 Å². The maximum absolute atomic E-state index is 13.6. The van der Waals surface area contributed by atoms with Crippen LogP contribution in [-0.2, 0) is 12.8 Å². The van der Waals surface area contributed by atoms with Gasteiger partial charge < -0.3 is 26.6 Å². The largest absolute Gasteiger partial charge is 0.390 e. The fraction of sp³-hybridized carbons (Fsp3) is 0.409. The number of aromatic nitrogens is 3. The van der Waals surface area contributed by atoms with Crippen LogP contribution in [0.4, 0.5) is 21.8 Å².